The summed E-state index contributed by atoms with van der Waals surface area (Å²) in [5.74, 6) is 0.737. The topological polar surface area (TPSA) is 63.2 Å². The van der Waals surface area contributed by atoms with E-state index in [9.17, 15) is 17.0 Å². The van der Waals surface area contributed by atoms with Crippen LogP contribution in [-0.4, -0.2) is 36.4 Å². The molecule has 0 spiro atoms. The Morgan fingerprint density at radius 1 is 1.45 bits per heavy atom. The Morgan fingerprint density at radius 2 is 2.20 bits per heavy atom. The van der Waals surface area contributed by atoms with Crippen LogP contribution < -0.4 is 5.32 Å². The number of hydrogen-bond acceptors (Lipinski definition) is 4. The maximum absolute atomic E-state index is 13.4. The number of fused-ring (bicyclic) bond motifs is 1. The molecule has 112 valence electrons. The van der Waals surface area contributed by atoms with Gasteiger partial charge in [-0.15, -0.1) is 0 Å². The summed E-state index contributed by atoms with van der Waals surface area (Å²) < 4.78 is 48.6. The Hall–Kier alpha value is -0.790. The van der Waals surface area contributed by atoms with Gasteiger partial charge in [-0.25, -0.2) is 12.8 Å². The van der Waals surface area contributed by atoms with Crippen molar-refractivity contribution in [3.8, 4) is 0 Å². The lowest BCUT2D eigenvalue weighted by Crippen LogP contribution is -2.32. The molecule has 1 aliphatic rings. The molecule has 1 aromatic rings. The summed E-state index contributed by atoms with van der Waals surface area (Å²) in [4.78, 5) is 0.208. The van der Waals surface area contributed by atoms with E-state index in [1.807, 2.05) is 6.92 Å². The minimum absolute atomic E-state index is 0.0557. The first-order valence-electron chi connectivity index (χ1n) is 6.54. The van der Waals surface area contributed by atoms with Gasteiger partial charge in [0.25, 0.3) is 0 Å². The highest BCUT2D eigenvalue weighted by molar-refractivity contribution is 7.91. The molecule has 0 fully saturated rings. The van der Waals surface area contributed by atoms with E-state index in [-0.39, 0.29) is 16.7 Å². The summed E-state index contributed by atoms with van der Waals surface area (Å²) in [7, 11) is -4.17. The fourth-order valence-electron chi connectivity index (χ4n) is 2.32. The molecule has 7 heteroatoms. The summed E-state index contributed by atoms with van der Waals surface area (Å²) in [6, 6.07) is 3.58. The van der Waals surface area contributed by atoms with Gasteiger partial charge >= 0.3 is 0 Å². The van der Waals surface area contributed by atoms with Gasteiger partial charge in [0, 0.05) is 34.9 Å². The molecule has 0 saturated carbocycles. The quantitative estimate of drug-likeness (QED) is 0.834. The molecular formula is C13H18FNO3S2. The molecule has 0 aromatic heterocycles. The van der Waals surface area contributed by atoms with Gasteiger partial charge in [0.05, 0.1) is 10.6 Å². The second kappa shape index (κ2) is 6.32. The fraction of sp³-hybridized carbons (Fsp3) is 0.538. The van der Waals surface area contributed by atoms with Crippen LogP contribution in [0.4, 0.5) is 4.39 Å². The van der Waals surface area contributed by atoms with E-state index in [4.69, 9.17) is 0 Å². The zero-order valence-corrected chi connectivity index (χ0v) is 12.9. The van der Waals surface area contributed by atoms with Gasteiger partial charge in [-0.3, -0.25) is 4.21 Å². The van der Waals surface area contributed by atoms with Crippen molar-refractivity contribution in [2.45, 2.75) is 24.3 Å². The summed E-state index contributed by atoms with van der Waals surface area (Å²) in [6.45, 7) is 2.38. The van der Waals surface area contributed by atoms with E-state index < -0.39 is 26.5 Å². The molecule has 0 aliphatic carbocycles. The molecule has 0 bridgehead atoms. The second-order valence-electron chi connectivity index (χ2n) is 4.73. The zero-order valence-electron chi connectivity index (χ0n) is 11.3. The van der Waals surface area contributed by atoms with Crippen molar-refractivity contribution in [1.82, 2.24) is 5.32 Å². The van der Waals surface area contributed by atoms with E-state index in [0.29, 0.717) is 30.0 Å². The highest BCUT2D eigenvalue weighted by atomic mass is 32.2. The van der Waals surface area contributed by atoms with Crippen LogP contribution in [0.5, 0.6) is 0 Å². The summed E-state index contributed by atoms with van der Waals surface area (Å²) >= 11 is 0. The van der Waals surface area contributed by atoms with Gasteiger partial charge in [0.2, 0.25) is 0 Å². The largest absolute Gasteiger partial charge is 0.309 e. The van der Waals surface area contributed by atoms with Gasteiger partial charge in [0.15, 0.2) is 9.84 Å². The number of nitrogens with one attached hydrogen (secondary N) is 1. The van der Waals surface area contributed by atoms with Crippen molar-refractivity contribution in [1.29, 1.82) is 0 Å². The Morgan fingerprint density at radius 3 is 2.90 bits per heavy atom. The average molecular weight is 319 g/mol. The maximum atomic E-state index is 13.4. The van der Waals surface area contributed by atoms with Crippen molar-refractivity contribution < 1.29 is 17.0 Å². The minimum atomic E-state index is -3.30. The summed E-state index contributed by atoms with van der Waals surface area (Å²) in [6.07, 6.45) is 0.414. The van der Waals surface area contributed by atoms with Crippen LogP contribution in [0.15, 0.2) is 23.1 Å². The number of sulfone groups is 1. The highest BCUT2D eigenvalue weighted by Crippen LogP contribution is 2.32. The standard InChI is InChI=1S/C13H18FNO3S2/c1-2-19(16)7-6-15-12-5-8-20(17,18)13-4-3-10(14)9-11(12)13/h3-4,9,12,15H,2,5-8H2,1H3. The van der Waals surface area contributed by atoms with E-state index in [2.05, 4.69) is 5.32 Å². The lowest BCUT2D eigenvalue weighted by molar-refractivity contribution is 0.500. The van der Waals surface area contributed by atoms with Crippen molar-refractivity contribution in [3.63, 3.8) is 0 Å². The van der Waals surface area contributed by atoms with E-state index in [1.54, 1.807) is 0 Å². The molecular weight excluding hydrogens is 301 g/mol. The van der Waals surface area contributed by atoms with E-state index in [0.717, 1.165) is 0 Å². The van der Waals surface area contributed by atoms with Crippen molar-refractivity contribution >= 4 is 20.6 Å². The fourth-order valence-corrected chi connectivity index (χ4v) is 4.55. The first kappa shape index (κ1) is 15.6. The molecule has 0 amide bonds. The highest BCUT2D eigenvalue weighted by Gasteiger charge is 2.30. The Bertz CT molecular complexity index is 616. The average Bonchev–Trinajstić information content (AvgIpc) is 2.40. The van der Waals surface area contributed by atoms with Crippen molar-refractivity contribution in [2.24, 2.45) is 0 Å². The molecule has 1 heterocycles. The van der Waals surface area contributed by atoms with Gasteiger partial charge in [0.1, 0.15) is 5.82 Å². The Labute approximate surface area is 121 Å². The zero-order chi connectivity index (χ0) is 14.8. The first-order chi connectivity index (χ1) is 9.44. The predicted molar refractivity (Wildman–Crippen MR) is 77.4 cm³/mol. The van der Waals surface area contributed by atoms with Crippen molar-refractivity contribution in [2.75, 3.05) is 23.8 Å². The third-order valence-corrected chi connectivity index (χ3v) is 6.52. The molecule has 2 atom stereocenters. The molecule has 1 aliphatic heterocycles. The normalized spacial score (nSPS) is 22.2. The molecule has 0 saturated heterocycles. The molecule has 20 heavy (non-hydrogen) atoms. The molecule has 1 N–H and O–H groups in total. The third-order valence-electron chi connectivity index (χ3n) is 3.40. The molecule has 4 nitrogen and oxygen atoms in total. The van der Waals surface area contributed by atoms with Crippen LogP contribution in [0.25, 0.3) is 0 Å². The van der Waals surface area contributed by atoms with Crippen molar-refractivity contribution in [3.05, 3.63) is 29.6 Å². The molecule has 2 unspecified atom stereocenters. The SMILES string of the molecule is CCS(=O)CCNC1CCS(=O)(=O)c2ccc(F)cc21. The van der Waals surface area contributed by atoms with Crippen LogP contribution in [0.2, 0.25) is 0 Å². The van der Waals surface area contributed by atoms with E-state index >= 15 is 0 Å². The van der Waals surface area contributed by atoms with Gasteiger partial charge < -0.3 is 5.32 Å². The van der Waals surface area contributed by atoms with Crippen LogP contribution in [-0.2, 0) is 20.6 Å². The van der Waals surface area contributed by atoms with Crippen LogP contribution in [0.1, 0.15) is 24.9 Å². The van der Waals surface area contributed by atoms with Gasteiger partial charge in [-0.05, 0) is 30.2 Å². The second-order valence-corrected chi connectivity index (χ2v) is 8.67. The summed E-state index contributed by atoms with van der Waals surface area (Å²) in [5, 5.41) is 3.18. The first-order valence-corrected chi connectivity index (χ1v) is 9.68. The van der Waals surface area contributed by atoms with E-state index in [1.165, 1.54) is 18.2 Å². The monoisotopic (exact) mass is 319 g/mol. The smallest absolute Gasteiger partial charge is 0.178 e. The predicted octanol–water partition coefficient (Wildman–Crippen LogP) is 1.40. The van der Waals surface area contributed by atoms with Crippen LogP contribution in [0.3, 0.4) is 0 Å². The number of rotatable bonds is 5. The molecule has 2 rings (SSSR count). The van der Waals surface area contributed by atoms with Crippen LogP contribution >= 0.6 is 0 Å². The molecule has 1 aromatic carbocycles. The lowest BCUT2D eigenvalue weighted by atomic mass is 10.0. The van der Waals surface area contributed by atoms with Gasteiger partial charge in [-0.1, -0.05) is 6.92 Å². The summed E-state index contributed by atoms with van der Waals surface area (Å²) in [5.41, 5.74) is 0.485. The number of hydrogen-bond donors (Lipinski definition) is 1. The minimum Gasteiger partial charge on any atom is -0.309 e. The maximum Gasteiger partial charge on any atom is 0.178 e. The van der Waals surface area contributed by atoms with Crippen LogP contribution in [0, 0.1) is 5.82 Å². The Balaban J connectivity index is 2.17. The van der Waals surface area contributed by atoms with Gasteiger partial charge in [-0.2, -0.15) is 0 Å². The third kappa shape index (κ3) is 3.45. The lowest BCUT2D eigenvalue weighted by Gasteiger charge is -2.26. The number of benzene rings is 1. The Kier molecular flexibility index (Phi) is 4.93. The molecule has 0 radical (unpaired) electrons. The number of halogens is 1.